The Labute approximate surface area is 151 Å². The van der Waals surface area contributed by atoms with Gasteiger partial charge in [-0.25, -0.2) is 9.67 Å². The van der Waals surface area contributed by atoms with Crippen molar-refractivity contribution in [3.63, 3.8) is 0 Å². The second-order valence-corrected chi connectivity index (χ2v) is 6.67. The van der Waals surface area contributed by atoms with Crippen molar-refractivity contribution in [2.45, 2.75) is 25.7 Å². The van der Waals surface area contributed by atoms with Gasteiger partial charge in [0.25, 0.3) is 0 Å². The zero-order chi connectivity index (χ0) is 17.5. The van der Waals surface area contributed by atoms with Crippen LogP contribution in [0.3, 0.4) is 0 Å². The van der Waals surface area contributed by atoms with Crippen molar-refractivity contribution >= 4 is 0 Å². The summed E-state index contributed by atoms with van der Waals surface area (Å²) in [5.74, 6) is 2.20. The van der Waals surface area contributed by atoms with Crippen molar-refractivity contribution < 1.29 is 0 Å². The molecule has 0 radical (unpaired) electrons. The van der Waals surface area contributed by atoms with Crippen molar-refractivity contribution in [2.24, 2.45) is 0 Å². The minimum Gasteiger partial charge on any atom is -0.277 e. The Balaban J connectivity index is 1.71. The number of aromatic amines is 1. The standard InChI is InChI=1S/C20H18N6/c1-13-11-21-10-9-17(13)26-20(23-19(25-26)15-7-8-15)16-12-22-24-18(16)14-5-3-2-4-6-14/h2-6,9-12,15H,7-8H2,1H3,(H,22,24). The molecule has 0 saturated heterocycles. The van der Waals surface area contributed by atoms with Gasteiger partial charge in [0.05, 0.1) is 23.1 Å². The fraction of sp³-hybridized carbons (Fsp3) is 0.200. The van der Waals surface area contributed by atoms with Gasteiger partial charge in [-0.05, 0) is 31.4 Å². The first-order valence-electron chi connectivity index (χ1n) is 8.78. The Morgan fingerprint density at radius 3 is 2.69 bits per heavy atom. The number of hydrogen-bond donors (Lipinski definition) is 1. The number of pyridine rings is 1. The number of aryl methyl sites for hydroxylation is 1. The van der Waals surface area contributed by atoms with Gasteiger partial charge in [-0.15, -0.1) is 0 Å². The van der Waals surface area contributed by atoms with E-state index < -0.39 is 0 Å². The zero-order valence-electron chi connectivity index (χ0n) is 14.4. The van der Waals surface area contributed by atoms with Gasteiger partial charge >= 0.3 is 0 Å². The minimum absolute atomic E-state index is 0.476. The molecule has 0 spiro atoms. The van der Waals surface area contributed by atoms with Crippen molar-refractivity contribution in [3.8, 4) is 28.3 Å². The fourth-order valence-electron chi connectivity index (χ4n) is 3.17. The molecule has 1 saturated carbocycles. The molecular formula is C20H18N6. The van der Waals surface area contributed by atoms with E-state index in [1.807, 2.05) is 48.3 Å². The summed E-state index contributed by atoms with van der Waals surface area (Å²) >= 11 is 0. The van der Waals surface area contributed by atoms with Crippen LogP contribution in [0.5, 0.6) is 0 Å². The zero-order valence-corrected chi connectivity index (χ0v) is 14.4. The third-order valence-corrected chi connectivity index (χ3v) is 4.73. The molecule has 3 heterocycles. The quantitative estimate of drug-likeness (QED) is 0.610. The molecule has 1 aliphatic rings. The number of nitrogens with one attached hydrogen (secondary N) is 1. The molecule has 5 rings (SSSR count). The predicted octanol–water partition coefficient (Wildman–Crippen LogP) is 3.91. The molecule has 1 N–H and O–H groups in total. The van der Waals surface area contributed by atoms with Gasteiger partial charge in [-0.3, -0.25) is 10.1 Å². The van der Waals surface area contributed by atoms with Gasteiger partial charge in [0, 0.05) is 23.9 Å². The van der Waals surface area contributed by atoms with E-state index in [2.05, 4.69) is 27.3 Å². The highest BCUT2D eigenvalue weighted by molar-refractivity contribution is 5.77. The van der Waals surface area contributed by atoms with E-state index in [0.717, 1.165) is 52.6 Å². The summed E-state index contributed by atoms with van der Waals surface area (Å²) in [5.41, 5.74) is 5.04. The lowest BCUT2D eigenvalue weighted by Crippen LogP contribution is -2.02. The van der Waals surface area contributed by atoms with E-state index in [4.69, 9.17) is 10.1 Å². The molecule has 0 unspecified atom stereocenters. The average Bonchev–Trinajstić information content (AvgIpc) is 3.25. The number of benzene rings is 1. The monoisotopic (exact) mass is 342 g/mol. The maximum absolute atomic E-state index is 4.89. The number of nitrogens with zero attached hydrogens (tertiary/aromatic N) is 5. The molecule has 0 bridgehead atoms. The van der Waals surface area contributed by atoms with Crippen molar-refractivity contribution in [1.82, 2.24) is 29.9 Å². The SMILES string of the molecule is Cc1cnccc1-n1nc(C2CC2)nc1-c1cn[nH]c1-c1ccccc1. The van der Waals surface area contributed by atoms with Crippen LogP contribution in [0.2, 0.25) is 0 Å². The summed E-state index contributed by atoms with van der Waals surface area (Å²) < 4.78 is 1.93. The first-order valence-corrected chi connectivity index (χ1v) is 8.78. The summed E-state index contributed by atoms with van der Waals surface area (Å²) in [5, 5.41) is 12.2. The van der Waals surface area contributed by atoms with E-state index in [9.17, 15) is 0 Å². The summed E-state index contributed by atoms with van der Waals surface area (Å²) in [4.78, 5) is 9.09. The third-order valence-electron chi connectivity index (χ3n) is 4.73. The molecule has 1 fully saturated rings. The van der Waals surface area contributed by atoms with Gasteiger partial charge in [-0.1, -0.05) is 30.3 Å². The largest absolute Gasteiger partial charge is 0.277 e. The summed E-state index contributed by atoms with van der Waals surface area (Å²) in [6.07, 6.45) is 7.80. The van der Waals surface area contributed by atoms with Gasteiger partial charge in [0.1, 0.15) is 0 Å². The van der Waals surface area contributed by atoms with Gasteiger partial charge in [-0.2, -0.15) is 10.2 Å². The lowest BCUT2D eigenvalue weighted by Gasteiger charge is -2.08. The van der Waals surface area contributed by atoms with Crippen LogP contribution in [0, 0.1) is 6.92 Å². The maximum atomic E-state index is 4.89. The smallest absolute Gasteiger partial charge is 0.167 e. The lowest BCUT2D eigenvalue weighted by molar-refractivity contribution is 0.832. The number of rotatable bonds is 4. The summed E-state index contributed by atoms with van der Waals surface area (Å²) in [6, 6.07) is 12.2. The van der Waals surface area contributed by atoms with Crippen LogP contribution in [0.15, 0.2) is 55.0 Å². The Bertz CT molecular complexity index is 1060. The topological polar surface area (TPSA) is 72.3 Å². The highest BCUT2D eigenvalue weighted by Gasteiger charge is 2.30. The summed E-state index contributed by atoms with van der Waals surface area (Å²) in [6.45, 7) is 2.04. The van der Waals surface area contributed by atoms with Gasteiger partial charge < -0.3 is 0 Å². The van der Waals surface area contributed by atoms with E-state index >= 15 is 0 Å². The molecule has 0 atom stereocenters. The maximum Gasteiger partial charge on any atom is 0.167 e. The van der Waals surface area contributed by atoms with Crippen molar-refractivity contribution in [1.29, 1.82) is 0 Å². The predicted molar refractivity (Wildman–Crippen MR) is 98.9 cm³/mol. The number of aromatic nitrogens is 6. The second-order valence-electron chi connectivity index (χ2n) is 6.67. The Morgan fingerprint density at radius 1 is 1.08 bits per heavy atom. The molecule has 1 aliphatic carbocycles. The van der Waals surface area contributed by atoms with E-state index in [1.54, 1.807) is 6.20 Å². The van der Waals surface area contributed by atoms with Crippen LogP contribution in [-0.4, -0.2) is 29.9 Å². The highest BCUT2D eigenvalue weighted by atomic mass is 15.4. The highest BCUT2D eigenvalue weighted by Crippen LogP contribution is 2.40. The Kier molecular flexibility index (Phi) is 3.41. The van der Waals surface area contributed by atoms with Gasteiger partial charge in [0.15, 0.2) is 11.6 Å². The third kappa shape index (κ3) is 2.50. The first-order chi connectivity index (χ1) is 12.8. The van der Waals surface area contributed by atoms with Crippen LogP contribution in [0.25, 0.3) is 28.3 Å². The normalized spacial score (nSPS) is 13.9. The number of H-pyrrole nitrogens is 1. The van der Waals surface area contributed by atoms with Crippen molar-refractivity contribution in [3.05, 3.63) is 66.4 Å². The first kappa shape index (κ1) is 15.0. The van der Waals surface area contributed by atoms with Crippen LogP contribution in [-0.2, 0) is 0 Å². The molecule has 0 amide bonds. The van der Waals surface area contributed by atoms with Crippen LogP contribution in [0.4, 0.5) is 0 Å². The second kappa shape index (κ2) is 5.91. The molecular weight excluding hydrogens is 324 g/mol. The molecule has 4 aromatic rings. The molecule has 3 aromatic heterocycles. The minimum atomic E-state index is 0.476. The van der Waals surface area contributed by atoms with Crippen LogP contribution < -0.4 is 0 Å². The van der Waals surface area contributed by atoms with E-state index in [-0.39, 0.29) is 0 Å². The summed E-state index contributed by atoms with van der Waals surface area (Å²) in [7, 11) is 0. The van der Waals surface area contributed by atoms with E-state index in [0.29, 0.717) is 5.92 Å². The molecule has 6 nitrogen and oxygen atoms in total. The Hall–Kier alpha value is -3.28. The van der Waals surface area contributed by atoms with Crippen molar-refractivity contribution in [2.75, 3.05) is 0 Å². The molecule has 128 valence electrons. The van der Waals surface area contributed by atoms with E-state index in [1.165, 1.54) is 0 Å². The average molecular weight is 342 g/mol. The molecule has 6 heteroatoms. The molecule has 26 heavy (non-hydrogen) atoms. The lowest BCUT2D eigenvalue weighted by atomic mass is 10.1. The van der Waals surface area contributed by atoms with Crippen LogP contribution >= 0.6 is 0 Å². The van der Waals surface area contributed by atoms with Crippen LogP contribution in [0.1, 0.15) is 30.1 Å². The van der Waals surface area contributed by atoms with Gasteiger partial charge in [0.2, 0.25) is 0 Å². The molecule has 1 aromatic carbocycles. The molecule has 0 aliphatic heterocycles. The fourth-order valence-corrected chi connectivity index (χ4v) is 3.17. The number of hydrogen-bond acceptors (Lipinski definition) is 4. The Morgan fingerprint density at radius 2 is 1.92 bits per heavy atom.